The molecule has 0 saturated heterocycles. The van der Waals surface area contributed by atoms with Crippen LogP contribution in [0.1, 0.15) is 21.9 Å². The number of alkyl halides is 1. The molecule has 0 spiro atoms. The topological polar surface area (TPSA) is 59.8 Å². The van der Waals surface area contributed by atoms with E-state index in [4.69, 9.17) is 11.6 Å². The Morgan fingerprint density at radius 3 is 2.94 bits per heavy atom. The van der Waals surface area contributed by atoms with Gasteiger partial charge in [-0.1, -0.05) is 0 Å². The van der Waals surface area contributed by atoms with E-state index in [1.54, 1.807) is 17.8 Å². The van der Waals surface area contributed by atoms with Crippen LogP contribution in [0.5, 0.6) is 0 Å². The third kappa shape index (κ3) is 2.65. The number of rotatable bonds is 3. The first kappa shape index (κ1) is 12.1. The van der Waals surface area contributed by atoms with Gasteiger partial charge in [0.2, 0.25) is 0 Å². The Kier molecular flexibility index (Phi) is 3.44. The minimum Gasteiger partial charge on any atom is -0.296 e. The maximum absolute atomic E-state index is 11.9. The van der Waals surface area contributed by atoms with Crippen LogP contribution in [0, 0.1) is 6.92 Å². The molecule has 0 atom stereocenters. The first-order valence-corrected chi connectivity index (χ1v) is 6.34. The van der Waals surface area contributed by atoms with E-state index in [0.29, 0.717) is 16.7 Å². The number of hydrogen-bond donors (Lipinski definition) is 1. The molecule has 0 aliphatic carbocycles. The van der Waals surface area contributed by atoms with Gasteiger partial charge in [-0.3, -0.25) is 14.8 Å². The van der Waals surface area contributed by atoms with E-state index in [2.05, 4.69) is 15.4 Å². The summed E-state index contributed by atoms with van der Waals surface area (Å²) >= 11 is 6.99. The lowest BCUT2D eigenvalue weighted by atomic mass is 10.3. The van der Waals surface area contributed by atoms with Crippen LogP contribution in [-0.4, -0.2) is 20.7 Å². The fourth-order valence-corrected chi connectivity index (χ4v) is 2.34. The van der Waals surface area contributed by atoms with Crippen molar-refractivity contribution in [2.75, 3.05) is 5.32 Å². The molecule has 2 heterocycles. The zero-order chi connectivity index (χ0) is 12.4. The van der Waals surface area contributed by atoms with Gasteiger partial charge in [0.1, 0.15) is 5.69 Å². The number of hydrogen-bond acceptors (Lipinski definition) is 4. The molecule has 0 aromatic carbocycles. The highest BCUT2D eigenvalue weighted by molar-refractivity contribution is 7.14. The second-order valence-corrected chi connectivity index (χ2v) is 4.65. The first-order chi connectivity index (χ1) is 8.10. The molecule has 0 aliphatic rings. The quantitative estimate of drug-likeness (QED) is 0.870. The molecular weight excluding hydrogens is 260 g/mol. The van der Waals surface area contributed by atoms with Crippen molar-refractivity contribution < 1.29 is 4.79 Å². The molecule has 2 aromatic heterocycles. The maximum atomic E-state index is 11.9. The predicted molar refractivity (Wildman–Crippen MR) is 67.6 cm³/mol. The number of aromatic nitrogens is 3. The fourth-order valence-electron chi connectivity index (χ4n) is 1.41. The highest BCUT2D eigenvalue weighted by Crippen LogP contribution is 2.17. The molecule has 2 aromatic rings. The molecule has 0 saturated carbocycles. The monoisotopic (exact) mass is 270 g/mol. The number of nitrogens with zero attached hydrogens (tertiary/aromatic N) is 3. The largest absolute Gasteiger partial charge is 0.296 e. The summed E-state index contributed by atoms with van der Waals surface area (Å²) in [7, 11) is 1.73. The van der Waals surface area contributed by atoms with Crippen molar-refractivity contribution in [2.24, 2.45) is 7.05 Å². The minimum absolute atomic E-state index is 0.219. The molecule has 0 unspecified atom stereocenters. The lowest BCUT2D eigenvalue weighted by Gasteiger charge is -2.01. The summed E-state index contributed by atoms with van der Waals surface area (Å²) < 4.78 is 1.54. The van der Waals surface area contributed by atoms with Crippen LogP contribution in [0.25, 0.3) is 0 Å². The van der Waals surface area contributed by atoms with Gasteiger partial charge in [0.15, 0.2) is 5.13 Å². The summed E-state index contributed by atoms with van der Waals surface area (Å²) in [6, 6.07) is 1.73. The standard InChI is InChI=1S/C10H11ClN4OS/c1-6-3-8(15(2)14-6)9(16)13-10-12-7(4-11)5-17-10/h3,5H,4H2,1-2H3,(H,12,13,16). The van der Waals surface area contributed by atoms with Crippen LogP contribution >= 0.6 is 22.9 Å². The highest BCUT2D eigenvalue weighted by Gasteiger charge is 2.13. The Balaban J connectivity index is 2.14. The van der Waals surface area contributed by atoms with E-state index in [0.717, 1.165) is 11.4 Å². The number of carbonyl (C=O) groups excluding carboxylic acids is 1. The number of amides is 1. The van der Waals surface area contributed by atoms with Crippen LogP contribution in [0.3, 0.4) is 0 Å². The zero-order valence-electron chi connectivity index (χ0n) is 9.40. The van der Waals surface area contributed by atoms with Gasteiger partial charge in [0.05, 0.1) is 17.3 Å². The number of nitrogens with one attached hydrogen (secondary N) is 1. The molecule has 1 N–H and O–H groups in total. The smallest absolute Gasteiger partial charge is 0.275 e. The molecule has 0 radical (unpaired) electrons. The number of anilines is 1. The van der Waals surface area contributed by atoms with Gasteiger partial charge >= 0.3 is 0 Å². The summed E-state index contributed by atoms with van der Waals surface area (Å²) in [5, 5.41) is 9.19. The molecule has 5 nitrogen and oxygen atoms in total. The minimum atomic E-state index is -0.219. The van der Waals surface area contributed by atoms with Gasteiger partial charge in [0, 0.05) is 12.4 Å². The van der Waals surface area contributed by atoms with Crippen molar-refractivity contribution in [3.63, 3.8) is 0 Å². The molecule has 90 valence electrons. The van der Waals surface area contributed by atoms with E-state index < -0.39 is 0 Å². The van der Waals surface area contributed by atoms with Crippen LogP contribution in [0.4, 0.5) is 5.13 Å². The van der Waals surface area contributed by atoms with Crippen molar-refractivity contribution in [2.45, 2.75) is 12.8 Å². The number of thiazole rings is 1. The van der Waals surface area contributed by atoms with Crippen LogP contribution in [-0.2, 0) is 12.9 Å². The van der Waals surface area contributed by atoms with E-state index in [1.807, 2.05) is 12.3 Å². The normalized spacial score (nSPS) is 10.5. The lowest BCUT2D eigenvalue weighted by molar-refractivity contribution is 0.101. The van der Waals surface area contributed by atoms with E-state index in [1.165, 1.54) is 11.3 Å². The SMILES string of the molecule is Cc1cc(C(=O)Nc2nc(CCl)cs2)n(C)n1. The molecule has 0 aliphatic heterocycles. The van der Waals surface area contributed by atoms with Gasteiger partial charge in [-0.25, -0.2) is 4.98 Å². The second-order valence-electron chi connectivity index (χ2n) is 3.53. The van der Waals surface area contributed by atoms with Gasteiger partial charge in [-0.15, -0.1) is 22.9 Å². The highest BCUT2D eigenvalue weighted by atomic mass is 35.5. The molecule has 2 rings (SSSR count). The van der Waals surface area contributed by atoms with E-state index in [-0.39, 0.29) is 5.91 Å². The third-order valence-electron chi connectivity index (χ3n) is 2.14. The average molecular weight is 271 g/mol. The first-order valence-electron chi connectivity index (χ1n) is 4.92. The van der Waals surface area contributed by atoms with Crippen molar-refractivity contribution in [1.29, 1.82) is 0 Å². The average Bonchev–Trinajstić information content (AvgIpc) is 2.85. The summed E-state index contributed by atoms with van der Waals surface area (Å²) in [5.41, 5.74) is 2.07. The Morgan fingerprint density at radius 2 is 2.41 bits per heavy atom. The molecule has 0 bridgehead atoms. The number of carbonyl (C=O) groups is 1. The molecule has 0 fully saturated rings. The molecule has 7 heteroatoms. The van der Waals surface area contributed by atoms with Gasteiger partial charge in [0.25, 0.3) is 5.91 Å². The second kappa shape index (κ2) is 4.85. The maximum Gasteiger partial charge on any atom is 0.275 e. The predicted octanol–water partition coefficient (Wildman–Crippen LogP) is 2.18. The van der Waals surface area contributed by atoms with Crippen LogP contribution in [0.2, 0.25) is 0 Å². The number of halogens is 1. The van der Waals surface area contributed by atoms with Crippen molar-refractivity contribution in [1.82, 2.24) is 14.8 Å². The summed E-state index contributed by atoms with van der Waals surface area (Å²) in [6.45, 7) is 1.84. The Hall–Kier alpha value is -1.40. The van der Waals surface area contributed by atoms with Crippen LogP contribution in [0.15, 0.2) is 11.4 Å². The number of aryl methyl sites for hydroxylation is 2. The van der Waals surface area contributed by atoms with Gasteiger partial charge < -0.3 is 0 Å². The Morgan fingerprint density at radius 1 is 1.65 bits per heavy atom. The van der Waals surface area contributed by atoms with Gasteiger partial charge in [-0.2, -0.15) is 5.10 Å². The summed E-state index contributed by atoms with van der Waals surface area (Å²) in [6.07, 6.45) is 0. The van der Waals surface area contributed by atoms with Crippen molar-refractivity contribution in [3.05, 3.63) is 28.5 Å². The fraction of sp³-hybridized carbons (Fsp3) is 0.300. The van der Waals surface area contributed by atoms with Crippen LogP contribution < -0.4 is 5.32 Å². The van der Waals surface area contributed by atoms with Crippen molar-refractivity contribution in [3.8, 4) is 0 Å². The molecule has 17 heavy (non-hydrogen) atoms. The zero-order valence-corrected chi connectivity index (χ0v) is 11.0. The summed E-state index contributed by atoms with van der Waals surface area (Å²) in [5.74, 6) is 0.126. The Labute approximate surface area is 107 Å². The molecular formula is C10H11ClN4OS. The Bertz CT molecular complexity index is 548. The van der Waals surface area contributed by atoms with E-state index in [9.17, 15) is 4.79 Å². The third-order valence-corrected chi connectivity index (χ3v) is 3.22. The van der Waals surface area contributed by atoms with Crippen molar-refractivity contribution >= 4 is 34.0 Å². The summed E-state index contributed by atoms with van der Waals surface area (Å²) in [4.78, 5) is 16.1. The van der Waals surface area contributed by atoms with Gasteiger partial charge in [-0.05, 0) is 13.0 Å². The lowest BCUT2D eigenvalue weighted by Crippen LogP contribution is -2.15. The molecule has 1 amide bonds. The van der Waals surface area contributed by atoms with E-state index >= 15 is 0 Å².